The normalized spacial score (nSPS) is 17.9. The second-order valence-corrected chi connectivity index (χ2v) is 7.90. The molecule has 2 aromatic carbocycles. The topological polar surface area (TPSA) is 58.2 Å². The standard InChI is InChI=1S/C24H21N3O2S/c1-2-15-27-23(28)22(16-18-9-5-3-6-10-18)30-24(27)26-25-17-20-13-14-21(29-20)19-11-7-4-8-12-19/h2-14,17,22H,1,15-16H2/b25-17-,26-24-/t22-/m1/s1. The molecule has 1 aliphatic heterocycles. The average Bonchev–Trinajstić information content (AvgIpc) is 3.36. The van der Waals surface area contributed by atoms with E-state index in [9.17, 15) is 4.79 Å². The molecule has 5 nitrogen and oxygen atoms in total. The first-order chi connectivity index (χ1) is 14.7. The lowest BCUT2D eigenvalue weighted by Crippen LogP contribution is -2.32. The van der Waals surface area contributed by atoms with Gasteiger partial charge >= 0.3 is 0 Å². The van der Waals surface area contributed by atoms with Gasteiger partial charge in [0.15, 0.2) is 5.17 Å². The summed E-state index contributed by atoms with van der Waals surface area (Å²) in [4.78, 5) is 14.4. The highest BCUT2D eigenvalue weighted by Gasteiger charge is 2.37. The molecule has 0 unspecified atom stereocenters. The molecule has 1 aliphatic rings. The molecule has 1 atom stereocenters. The van der Waals surface area contributed by atoms with E-state index >= 15 is 0 Å². The Morgan fingerprint density at radius 3 is 2.50 bits per heavy atom. The minimum Gasteiger partial charge on any atom is -0.455 e. The number of amides is 1. The van der Waals surface area contributed by atoms with Crippen LogP contribution < -0.4 is 0 Å². The maximum atomic E-state index is 12.8. The van der Waals surface area contributed by atoms with E-state index in [-0.39, 0.29) is 11.2 Å². The highest BCUT2D eigenvalue weighted by atomic mass is 32.2. The van der Waals surface area contributed by atoms with Crippen molar-refractivity contribution in [1.82, 2.24) is 4.90 Å². The number of thioether (sulfide) groups is 1. The van der Waals surface area contributed by atoms with Crippen LogP contribution in [-0.4, -0.2) is 34.0 Å². The summed E-state index contributed by atoms with van der Waals surface area (Å²) in [5.74, 6) is 1.40. The maximum Gasteiger partial charge on any atom is 0.242 e. The van der Waals surface area contributed by atoms with Gasteiger partial charge in [-0.15, -0.1) is 11.7 Å². The largest absolute Gasteiger partial charge is 0.455 e. The Bertz CT molecular complexity index is 1070. The van der Waals surface area contributed by atoms with Crippen LogP contribution >= 0.6 is 11.8 Å². The molecule has 0 spiro atoms. The quantitative estimate of drug-likeness (QED) is 0.310. The highest BCUT2D eigenvalue weighted by Crippen LogP contribution is 2.30. The van der Waals surface area contributed by atoms with Crippen LogP contribution in [0.2, 0.25) is 0 Å². The molecular formula is C24H21N3O2S. The molecule has 150 valence electrons. The summed E-state index contributed by atoms with van der Waals surface area (Å²) in [5, 5.41) is 8.81. The minimum atomic E-state index is -0.213. The zero-order chi connectivity index (χ0) is 20.8. The van der Waals surface area contributed by atoms with Crippen LogP contribution in [0.5, 0.6) is 0 Å². The Hall–Kier alpha value is -3.38. The lowest BCUT2D eigenvalue weighted by molar-refractivity contribution is -0.125. The number of nitrogens with zero attached hydrogens (tertiary/aromatic N) is 3. The van der Waals surface area contributed by atoms with Gasteiger partial charge in [0.2, 0.25) is 5.91 Å². The van der Waals surface area contributed by atoms with Crippen molar-refractivity contribution in [3.05, 3.63) is 96.8 Å². The summed E-state index contributed by atoms with van der Waals surface area (Å²) in [6.07, 6.45) is 3.90. The second kappa shape index (κ2) is 9.41. The van der Waals surface area contributed by atoms with E-state index in [1.165, 1.54) is 11.8 Å². The smallest absolute Gasteiger partial charge is 0.242 e. The van der Waals surface area contributed by atoms with Gasteiger partial charge in [0, 0.05) is 12.1 Å². The van der Waals surface area contributed by atoms with Crippen LogP contribution in [0.3, 0.4) is 0 Å². The fourth-order valence-corrected chi connectivity index (χ4v) is 4.30. The molecule has 1 fully saturated rings. The molecule has 4 rings (SSSR count). The Morgan fingerprint density at radius 1 is 1.03 bits per heavy atom. The van der Waals surface area contributed by atoms with Crippen LogP contribution in [0.25, 0.3) is 11.3 Å². The van der Waals surface area contributed by atoms with Gasteiger partial charge in [0.25, 0.3) is 0 Å². The number of hydrogen-bond donors (Lipinski definition) is 0. The number of hydrogen-bond acceptors (Lipinski definition) is 5. The first kappa shape index (κ1) is 19.9. The summed E-state index contributed by atoms with van der Waals surface area (Å²) in [6.45, 7) is 4.16. The summed E-state index contributed by atoms with van der Waals surface area (Å²) in [5.41, 5.74) is 2.12. The summed E-state index contributed by atoms with van der Waals surface area (Å²) in [7, 11) is 0. The SMILES string of the molecule is C=CCN1C(=O)[C@@H](Cc2ccccc2)S/C1=N\N=C/c1ccc(-c2ccccc2)o1. The predicted molar refractivity (Wildman–Crippen MR) is 123 cm³/mol. The number of carbonyl (C=O) groups excluding carboxylic acids is 1. The Labute approximate surface area is 179 Å². The van der Waals surface area contributed by atoms with Crippen LogP contribution in [0, 0.1) is 0 Å². The molecule has 0 saturated carbocycles. The second-order valence-electron chi connectivity index (χ2n) is 6.73. The van der Waals surface area contributed by atoms with Crippen molar-refractivity contribution in [2.45, 2.75) is 11.7 Å². The third-order valence-corrected chi connectivity index (χ3v) is 5.77. The van der Waals surface area contributed by atoms with Gasteiger partial charge in [0.05, 0.1) is 11.5 Å². The summed E-state index contributed by atoms with van der Waals surface area (Å²) in [6, 6.07) is 23.6. The van der Waals surface area contributed by atoms with Crippen molar-refractivity contribution in [3.63, 3.8) is 0 Å². The van der Waals surface area contributed by atoms with Crippen molar-refractivity contribution in [3.8, 4) is 11.3 Å². The van der Waals surface area contributed by atoms with Gasteiger partial charge in [-0.2, -0.15) is 5.10 Å². The molecule has 1 amide bonds. The molecule has 0 N–H and O–H groups in total. The third kappa shape index (κ3) is 4.60. The molecule has 0 aliphatic carbocycles. The molecule has 6 heteroatoms. The summed E-state index contributed by atoms with van der Waals surface area (Å²) >= 11 is 1.43. The number of benzene rings is 2. The Balaban J connectivity index is 1.48. The zero-order valence-corrected chi connectivity index (χ0v) is 17.2. The molecule has 1 saturated heterocycles. The van der Waals surface area contributed by atoms with Crippen LogP contribution in [0.1, 0.15) is 11.3 Å². The molecule has 30 heavy (non-hydrogen) atoms. The Kier molecular flexibility index (Phi) is 6.25. The van der Waals surface area contributed by atoms with Gasteiger partial charge in [0.1, 0.15) is 11.5 Å². The van der Waals surface area contributed by atoms with Gasteiger partial charge in [-0.25, -0.2) is 0 Å². The van der Waals surface area contributed by atoms with E-state index in [1.807, 2.05) is 72.8 Å². The van der Waals surface area contributed by atoms with Crippen molar-refractivity contribution in [2.75, 3.05) is 6.54 Å². The van der Waals surface area contributed by atoms with Crippen LogP contribution in [0.15, 0.2) is 100 Å². The molecular weight excluding hydrogens is 394 g/mol. The number of amidine groups is 1. The van der Waals surface area contributed by atoms with Gasteiger partial charge in [-0.05, 0) is 24.1 Å². The lowest BCUT2D eigenvalue weighted by Gasteiger charge is -2.12. The van der Waals surface area contributed by atoms with Gasteiger partial charge in [-0.3, -0.25) is 9.69 Å². The van der Waals surface area contributed by atoms with Crippen LogP contribution in [-0.2, 0) is 11.2 Å². The molecule has 2 heterocycles. The monoisotopic (exact) mass is 415 g/mol. The highest BCUT2D eigenvalue weighted by molar-refractivity contribution is 8.15. The van der Waals surface area contributed by atoms with Crippen molar-refractivity contribution < 1.29 is 9.21 Å². The zero-order valence-electron chi connectivity index (χ0n) is 16.3. The summed E-state index contributed by atoms with van der Waals surface area (Å²) < 4.78 is 5.81. The van der Waals surface area contributed by atoms with E-state index in [0.29, 0.717) is 23.9 Å². The molecule has 0 bridgehead atoms. The van der Waals surface area contributed by atoms with Crippen molar-refractivity contribution in [1.29, 1.82) is 0 Å². The average molecular weight is 416 g/mol. The fraction of sp³-hybridized carbons (Fsp3) is 0.125. The molecule has 1 aromatic heterocycles. The Morgan fingerprint density at radius 2 is 1.77 bits per heavy atom. The maximum absolute atomic E-state index is 12.8. The first-order valence-corrected chi connectivity index (χ1v) is 10.5. The first-order valence-electron chi connectivity index (χ1n) is 9.64. The van der Waals surface area contributed by atoms with Crippen molar-refractivity contribution in [2.24, 2.45) is 10.2 Å². The third-order valence-electron chi connectivity index (χ3n) is 4.61. The van der Waals surface area contributed by atoms with E-state index in [4.69, 9.17) is 4.42 Å². The van der Waals surface area contributed by atoms with E-state index in [1.54, 1.807) is 17.2 Å². The fourth-order valence-electron chi connectivity index (χ4n) is 3.16. The molecule has 0 radical (unpaired) electrons. The predicted octanol–water partition coefficient (Wildman–Crippen LogP) is 5.01. The van der Waals surface area contributed by atoms with E-state index in [0.717, 1.165) is 16.9 Å². The van der Waals surface area contributed by atoms with Crippen LogP contribution in [0.4, 0.5) is 0 Å². The van der Waals surface area contributed by atoms with Gasteiger partial charge in [-0.1, -0.05) is 78.5 Å². The number of rotatable bonds is 7. The minimum absolute atomic E-state index is 0.0297. The lowest BCUT2D eigenvalue weighted by atomic mass is 10.1. The molecule has 3 aromatic rings. The van der Waals surface area contributed by atoms with Crippen molar-refractivity contribution >= 4 is 29.1 Å². The van der Waals surface area contributed by atoms with E-state index < -0.39 is 0 Å². The van der Waals surface area contributed by atoms with E-state index in [2.05, 4.69) is 16.8 Å². The number of carbonyl (C=O) groups is 1. The number of furan rings is 1. The van der Waals surface area contributed by atoms with Gasteiger partial charge < -0.3 is 4.42 Å².